The van der Waals surface area contributed by atoms with Gasteiger partial charge >= 0.3 is 0 Å². The van der Waals surface area contributed by atoms with E-state index in [0.717, 1.165) is 11.3 Å². The molecule has 1 aromatic rings. The van der Waals surface area contributed by atoms with Crippen molar-refractivity contribution in [3.63, 3.8) is 0 Å². The number of thiazole rings is 1. The summed E-state index contributed by atoms with van der Waals surface area (Å²) in [5.74, 6) is 0. The van der Waals surface area contributed by atoms with E-state index in [1.165, 1.54) is 5.38 Å². The molecule has 7 heteroatoms. The fourth-order valence-corrected chi connectivity index (χ4v) is 2.32. The van der Waals surface area contributed by atoms with Crippen LogP contribution in [0.1, 0.15) is 0 Å². The van der Waals surface area contributed by atoms with E-state index in [0.29, 0.717) is 0 Å². The Hall–Kier alpha value is 0.160. The molecule has 0 amide bonds. The molecule has 1 heterocycles. The zero-order valence-electron chi connectivity index (χ0n) is 4.41. The first kappa shape index (κ1) is 8.26. The summed E-state index contributed by atoms with van der Waals surface area (Å²) in [4.78, 5) is 3.45. The van der Waals surface area contributed by atoms with Gasteiger partial charge in [-0.2, -0.15) is 0 Å². The highest BCUT2D eigenvalue weighted by Gasteiger charge is 2.13. The van der Waals surface area contributed by atoms with Gasteiger partial charge in [0.2, 0.25) is 0 Å². The van der Waals surface area contributed by atoms with Gasteiger partial charge in [0, 0.05) is 16.1 Å². The number of nitrogens with zero attached hydrogens (tertiary/aromatic N) is 1. The van der Waals surface area contributed by atoms with Crippen LogP contribution in [-0.4, -0.2) is 13.4 Å². The second-order valence-electron chi connectivity index (χ2n) is 1.38. The van der Waals surface area contributed by atoms with Gasteiger partial charge in [0.05, 0.1) is 0 Å². The Bertz CT molecular complexity index is 330. The zero-order chi connectivity index (χ0) is 7.78. The minimum atomic E-state index is -3.69. The molecule has 0 saturated carbocycles. The standard InChI is InChI=1S/C3HCl2NO2S2/c4-3-6-2(1-9-3)10(5,7)8/h1H. The first-order valence-corrected chi connectivity index (χ1v) is 5.62. The maximum Gasteiger partial charge on any atom is 0.279 e. The van der Waals surface area contributed by atoms with Crippen LogP contribution in [0.5, 0.6) is 0 Å². The molecule has 3 nitrogen and oxygen atoms in total. The van der Waals surface area contributed by atoms with Gasteiger partial charge < -0.3 is 0 Å². The Morgan fingerprint density at radius 1 is 1.60 bits per heavy atom. The highest BCUT2D eigenvalue weighted by molar-refractivity contribution is 8.13. The number of halogens is 2. The summed E-state index contributed by atoms with van der Waals surface area (Å²) < 4.78 is 21.2. The van der Waals surface area contributed by atoms with Crippen molar-refractivity contribution in [3.8, 4) is 0 Å². The first-order valence-electron chi connectivity index (χ1n) is 2.06. The van der Waals surface area contributed by atoms with Crippen LogP contribution < -0.4 is 0 Å². The van der Waals surface area contributed by atoms with E-state index in [1.807, 2.05) is 0 Å². The third kappa shape index (κ3) is 1.82. The topological polar surface area (TPSA) is 47.0 Å². The fourth-order valence-electron chi connectivity index (χ4n) is 0.350. The first-order chi connectivity index (χ1) is 4.50. The van der Waals surface area contributed by atoms with Crippen molar-refractivity contribution in [1.29, 1.82) is 0 Å². The number of hydrogen-bond acceptors (Lipinski definition) is 4. The van der Waals surface area contributed by atoms with E-state index < -0.39 is 9.05 Å². The maximum absolute atomic E-state index is 10.5. The lowest BCUT2D eigenvalue weighted by atomic mass is 11.0. The molecule has 0 aliphatic carbocycles. The lowest BCUT2D eigenvalue weighted by Crippen LogP contribution is -1.88. The number of aromatic nitrogens is 1. The van der Waals surface area contributed by atoms with Crippen molar-refractivity contribution in [2.45, 2.75) is 5.03 Å². The van der Waals surface area contributed by atoms with Crippen LogP contribution in [0.15, 0.2) is 10.4 Å². The quantitative estimate of drug-likeness (QED) is 0.674. The van der Waals surface area contributed by atoms with Crippen LogP contribution in [0.4, 0.5) is 0 Å². The molecule has 0 spiro atoms. The Balaban J connectivity index is 3.21. The predicted molar refractivity (Wildman–Crippen MR) is 40.2 cm³/mol. The van der Waals surface area contributed by atoms with E-state index in [4.69, 9.17) is 22.3 Å². The molecule has 0 aromatic carbocycles. The molecular formula is C3HCl2NO2S2. The monoisotopic (exact) mass is 217 g/mol. The second-order valence-corrected chi connectivity index (χ2v) is 5.33. The maximum atomic E-state index is 10.5. The molecule has 10 heavy (non-hydrogen) atoms. The van der Waals surface area contributed by atoms with Gasteiger partial charge in [0.15, 0.2) is 9.49 Å². The van der Waals surface area contributed by atoms with Gasteiger partial charge in [-0.15, -0.1) is 11.3 Å². The summed E-state index contributed by atoms with van der Waals surface area (Å²) in [6.45, 7) is 0. The molecule has 0 fully saturated rings. The smallest absolute Gasteiger partial charge is 0.212 e. The predicted octanol–water partition coefficient (Wildman–Crippen LogP) is 1.72. The molecule has 0 aliphatic rings. The lowest BCUT2D eigenvalue weighted by molar-refractivity contribution is 0.607. The average Bonchev–Trinajstić information content (AvgIpc) is 2.11. The van der Waals surface area contributed by atoms with Gasteiger partial charge in [0.1, 0.15) is 0 Å². The Labute approximate surface area is 71.0 Å². The molecule has 0 unspecified atom stereocenters. The summed E-state index contributed by atoms with van der Waals surface area (Å²) in [6.07, 6.45) is 0. The Morgan fingerprint density at radius 2 is 2.20 bits per heavy atom. The van der Waals surface area contributed by atoms with Crippen molar-refractivity contribution < 1.29 is 8.42 Å². The van der Waals surface area contributed by atoms with Crippen LogP contribution in [0.3, 0.4) is 0 Å². The zero-order valence-corrected chi connectivity index (χ0v) is 7.56. The molecular weight excluding hydrogens is 217 g/mol. The number of rotatable bonds is 1. The Morgan fingerprint density at radius 3 is 2.40 bits per heavy atom. The summed E-state index contributed by atoms with van der Waals surface area (Å²) in [7, 11) is 1.23. The third-order valence-electron chi connectivity index (χ3n) is 0.705. The lowest BCUT2D eigenvalue weighted by Gasteiger charge is -1.82. The Kier molecular flexibility index (Phi) is 2.19. The van der Waals surface area contributed by atoms with E-state index >= 15 is 0 Å². The molecule has 0 N–H and O–H groups in total. The second kappa shape index (κ2) is 2.65. The minimum Gasteiger partial charge on any atom is -0.212 e. The van der Waals surface area contributed by atoms with E-state index in [9.17, 15) is 8.42 Å². The normalized spacial score (nSPS) is 11.8. The van der Waals surface area contributed by atoms with Gasteiger partial charge in [-0.1, -0.05) is 11.6 Å². The third-order valence-corrected chi connectivity index (χ3v) is 3.02. The summed E-state index contributed by atoms with van der Waals surface area (Å²) in [6, 6.07) is 0. The van der Waals surface area contributed by atoms with Crippen molar-refractivity contribution in [3.05, 3.63) is 9.85 Å². The molecule has 0 bridgehead atoms. The van der Waals surface area contributed by atoms with Gasteiger partial charge in [-0.05, 0) is 0 Å². The molecule has 0 saturated heterocycles. The molecule has 0 radical (unpaired) electrons. The van der Waals surface area contributed by atoms with Crippen LogP contribution in [0.2, 0.25) is 4.47 Å². The molecule has 1 aromatic heterocycles. The summed E-state index contributed by atoms with van der Waals surface area (Å²) in [5, 5.41) is 1.09. The highest BCUT2D eigenvalue weighted by Crippen LogP contribution is 2.21. The van der Waals surface area contributed by atoms with Crippen molar-refractivity contribution in [1.82, 2.24) is 4.98 Å². The SMILES string of the molecule is O=S(=O)(Cl)c1csc(Cl)n1. The van der Waals surface area contributed by atoms with E-state index in [-0.39, 0.29) is 9.49 Å². The van der Waals surface area contributed by atoms with Crippen LogP contribution in [0.25, 0.3) is 0 Å². The summed E-state index contributed by atoms with van der Waals surface area (Å²) in [5.41, 5.74) is 0. The largest absolute Gasteiger partial charge is 0.279 e. The van der Waals surface area contributed by atoms with E-state index in [2.05, 4.69) is 4.98 Å². The molecule has 56 valence electrons. The van der Waals surface area contributed by atoms with Crippen LogP contribution in [0, 0.1) is 0 Å². The summed E-state index contributed by atoms with van der Waals surface area (Å²) >= 11 is 6.37. The highest BCUT2D eigenvalue weighted by atomic mass is 35.7. The molecule has 0 atom stereocenters. The molecule has 1 rings (SSSR count). The van der Waals surface area contributed by atoms with Crippen molar-refractivity contribution in [2.75, 3.05) is 0 Å². The fraction of sp³-hybridized carbons (Fsp3) is 0. The minimum absolute atomic E-state index is 0.166. The van der Waals surface area contributed by atoms with Crippen LogP contribution in [-0.2, 0) is 9.05 Å². The number of hydrogen-bond donors (Lipinski definition) is 0. The van der Waals surface area contributed by atoms with Crippen LogP contribution >= 0.6 is 33.6 Å². The van der Waals surface area contributed by atoms with Crippen molar-refractivity contribution >= 4 is 42.7 Å². The van der Waals surface area contributed by atoms with E-state index in [1.54, 1.807) is 0 Å². The molecule has 0 aliphatic heterocycles. The van der Waals surface area contributed by atoms with Gasteiger partial charge in [0.25, 0.3) is 9.05 Å². The van der Waals surface area contributed by atoms with Crippen molar-refractivity contribution in [2.24, 2.45) is 0 Å². The van der Waals surface area contributed by atoms with Gasteiger partial charge in [-0.25, -0.2) is 13.4 Å². The average molecular weight is 218 g/mol. The van der Waals surface area contributed by atoms with Gasteiger partial charge in [-0.3, -0.25) is 0 Å².